The minimum atomic E-state index is -1.47. The van der Waals surface area contributed by atoms with Crippen molar-refractivity contribution in [3.63, 3.8) is 0 Å². The van der Waals surface area contributed by atoms with Gasteiger partial charge in [-0.2, -0.15) is 0 Å². The Morgan fingerprint density at radius 2 is 1.50 bits per heavy atom. The molecule has 0 spiro atoms. The zero-order valence-corrected chi connectivity index (χ0v) is 10.6. The van der Waals surface area contributed by atoms with Gasteiger partial charge in [-0.3, -0.25) is 0 Å². The highest BCUT2D eigenvalue weighted by Crippen LogP contribution is 2.13. The van der Waals surface area contributed by atoms with Crippen molar-refractivity contribution < 1.29 is 17.6 Å². The van der Waals surface area contributed by atoms with Crippen molar-refractivity contribution in [1.82, 2.24) is 5.32 Å². The molecule has 106 valence electrons. The number of halogens is 4. The first-order chi connectivity index (χ1) is 9.58. The summed E-state index contributed by atoms with van der Waals surface area (Å²) in [5.74, 6) is -4.18. The van der Waals surface area contributed by atoms with Gasteiger partial charge in [-0.15, -0.1) is 0 Å². The Balaban J connectivity index is 1.86. The van der Waals surface area contributed by atoms with E-state index in [9.17, 15) is 17.6 Å². The Bertz CT molecular complexity index is 575. The zero-order valence-electron chi connectivity index (χ0n) is 10.6. The van der Waals surface area contributed by atoms with Gasteiger partial charge in [0, 0.05) is 6.54 Å². The Morgan fingerprint density at radius 3 is 2.15 bits per heavy atom. The fourth-order valence-corrected chi connectivity index (χ4v) is 1.87. The maximum Gasteiger partial charge on any atom is 0.194 e. The molecule has 5 heteroatoms. The first kappa shape index (κ1) is 14.5. The van der Waals surface area contributed by atoms with Gasteiger partial charge in [0.15, 0.2) is 17.5 Å². The van der Waals surface area contributed by atoms with Gasteiger partial charge in [0.05, 0.1) is 0 Å². The van der Waals surface area contributed by atoms with E-state index in [1.807, 2.05) is 0 Å². The summed E-state index contributed by atoms with van der Waals surface area (Å²) in [5.41, 5.74) is 0.867. The summed E-state index contributed by atoms with van der Waals surface area (Å²) in [4.78, 5) is 0. The second-order valence-corrected chi connectivity index (χ2v) is 4.39. The van der Waals surface area contributed by atoms with Crippen LogP contribution in [0.5, 0.6) is 0 Å². The van der Waals surface area contributed by atoms with Gasteiger partial charge in [-0.05, 0) is 42.3 Å². The molecule has 0 heterocycles. The smallest absolute Gasteiger partial charge is 0.194 e. The third kappa shape index (κ3) is 3.57. The van der Waals surface area contributed by atoms with Crippen LogP contribution < -0.4 is 5.32 Å². The highest BCUT2D eigenvalue weighted by Gasteiger charge is 2.10. The Labute approximate surface area is 114 Å². The topological polar surface area (TPSA) is 12.0 Å². The molecule has 0 radical (unpaired) electrons. The standard InChI is InChI=1S/C15H13F4N/c16-12-4-2-1-3-11(12)5-6-20-9-10-7-13(17)15(19)14(18)8-10/h1-4,7-8,20H,5-6,9H2. The van der Waals surface area contributed by atoms with Gasteiger partial charge in [0.2, 0.25) is 0 Å². The number of hydrogen-bond donors (Lipinski definition) is 1. The molecule has 0 saturated carbocycles. The summed E-state index contributed by atoms with van der Waals surface area (Å²) in [6.45, 7) is 0.629. The van der Waals surface area contributed by atoms with Crippen molar-refractivity contribution in [3.05, 3.63) is 70.8 Å². The van der Waals surface area contributed by atoms with Crippen molar-refractivity contribution in [2.45, 2.75) is 13.0 Å². The molecule has 0 fully saturated rings. The third-order valence-electron chi connectivity index (χ3n) is 2.90. The molecule has 0 saturated heterocycles. The molecule has 0 aliphatic carbocycles. The Hall–Kier alpha value is -1.88. The lowest BCUT2D eigenvalue weighted by molar-refractivity contribution is 0.444. The average molecular weight is 283 g/mol. The van der Waals surface area contributed by atoms with E-state index in [0.29, 0.717) is 24.1 Å². The normalized spacial score (nSPS) is 10.8. The van der Waals surface area contributed by atoms with Crippen LogP contribution in [0, 0.1) is 23.3 Å². The molecule has 20 heavy (non-hydrogen) atoms. The van der Waals surface area contributed by atoms with Gasteiger partial charge in [0.1, 0.15) is 5.82 Å². The highest BCUT2D eigenvalue weighted by atomic mass is 19.2. The number of rotatable bonds is 5. The second kappa shape index (κ2) is 6.52. The summed E-state index contributed by atoms with van der Waals surface area (Å²) in [6.07, 6.45) is 0.457. The monoisotopic (exact) mass is 283 g/mol. The lowest BCUT2D eigenvalue weighted by atomic mass is 10.1. The third-order valence-corrected chi connectivity index (χ3v) is 2.90. The molecule has 2 aromatic carbocycles. The number of hydrogen-bond acceptors (Lipinski definition) is 1. The van der Waals surface area contributed by atoms with Crippen molar-refractivity contribution in [2.75, 3.05) is 6.54 Å². The highest BCUT2D eigenvalue weighted by molar-refractivity contribution is 5.20. The van der Waals surface area contributed by atoms with Crippen LogP contribution in [-0.2, 0) is 13.0 Å². The fraction of sp³-hybridized carbons (Fsp3) is 0.200. The van der Waals surface area contributed by atoms with E-state index < -0.39 is 17.5 Å². The van der Waals surface area contributed by atoms with Gasteiger partial charge in [-0.1, -0.05) is 18.2 Å². The van der Waals surface area contributed by atoms with E-state index in [4.69, 9.17) is 0 Å². The predicted molar refractivity (Wildman–Crippen MR) is 68.1 cm³/mol. The Morgan fingerprint density at radius 1 is 0.850 bits per heavy atom. The number of nitrogens with one attached hydrogen (secondary N) is 1. The molecule has 2 aromatic rings. The van der Waals surface area contributed by atoms with Crippen molar-refractivity contribution in [3.8, 4) is 0 Å². The van der Waals surface area contributed by atoms with E-state index in [1.165, 1.54) is 6.07 Å². The first-order valence-electron chi connectivity index (χ1n) is 6.15. The Kier molecular flexibility index (Phi) is 4.74. The zero-order chi connectivity index (χ0) is 14.5. The molecule has 1 nitrogen and oxygen atoms in total. The largest absolute Gasteiger partial charge is 0.312 e. The minimum absolute atomic E-state index is 0.183. The van der Waals surface area contributed by atoms with Gasteiger partial charge in [0.25, 0.3) is 0 Å². The summed E-state index contributed by atoms with van der Waals surface area (Å²) in [5, 5.41) is 2.93. The van der Waals surface area contributed by atoms with Crippen molar-refractivity contribution in [2.24, 2.45) is 0 Å². The summed E-state index contributed by atoms with van der Waals surface area (Å²) < 4.78 is 52.0. The lowest BCUT2D eigenvalue weighted by Crippen LogP contribution is -2.17. The van der Waals surface area contributed by atoms with Crippen LogP contribution in [0.25, 0.3) is 0 Å². The van der Waals surface area contributed by atoms with Crippen LogP contribution >= 0.6 is 0 Å². The maximum absolute atomic E-state index is 13.3. The van der Waals surface area contributed by atoms with Gasteiger partial charge < -0.3 is 5.32 Å². The second-order valence-electron chi connectivity index (χ2n) is 4.39. The van der Waals surface area contributed by atoms with Crippen LogP contribution in [-0.4, -0.2) is 6.54 Å². The molecule has 0 aromatic heterocycles. The maximum atomic E-state index is 13.3. The van der Waals surface area contributed by atoms with E-state index in [2.05, 4.69) is 5.32 Å². The minimum Gasteiger partial charge on any atom is -0.312 e. The van der Waals surface area contributed by atoms with Crippen LogP contribution in [0.1, 0.15) is 11.1 Å². The van der Waals surface area contributed by atoms with Crippen LogP contribution in [0.3, 0.4) is 0 Å². The van der Waals surface area contributed by atoms with Crippen LogP contribution in [0.15, 0.2) is 36.4 Å². The predicted octanol–water partition coefficient (Wildman–Crippen LogP) is 3.58. The lowest BCUT2D eigenvalue weighted by Gasteiger charge is -2.07. The fourth-order valence-electron chi connectivity index (χ4n) is 1.87. The molecular formula is C15H13F4N. The molecule has 0 amide bonds. The van der Waals surface area contributed by atoms with Gasteiger partial charge in [-0.25, -0.2) is 17.6 Å². The van der Waals surface area contributed by atoms with Crippen LogP contribution in [0.4, 0.5) is 17.6 Å². The SMILES string of the molecule is Fc1ccccc1CCNCc1cc(F)c(F)c(F)c1. The first-order valence-corrected chi connectivity index (χ1v) is 6.15. The van der Waals surface area contributed by atoms with Crippen LogP contribution in [0.2, 0.25) is 0 Å². The summed E-state index contributed by atoms with van der Waals surface area (Å²) >= 11 is 0. The van der Waals surface area contributed by atoms with Crippen molar-refractivity contribution in [1.29, 1.82) is 0 Å². The summed E-state index contributed by atoms with van der Waals surface area (Å²) in [7, 11) is 0. The molecule has 2 rings (SSSR count). The summed E-state index contributed by atoms with van der Waals surface area (Å²) in [6, 6.07) is 8.27. The average Bonchev–Trinajstić information content (AvgIpc) is 2.42. The molecule has 0 bridgehead atoms. The number of benzene rings is 2. The molecule has 1 N–H and O–H groups in total. The van der Waals surface area contributed by atoms with Gasteiger partial charge >= 0.3 is 0 Å². The molecule has 0 aliphatic heterocycles. The van der Waals surface area contributed by atoms with E-state index in [0.717, 1.165) is 12.1 Å². The molecule has 0 atom stereocenters. The van der Waals surface area contributed by atoms with E-state index >= 15 is 0 Å². The molecule has 0 aliphatic rings. The quantitative estimate of drug-likeness (QED) is 0.502. The molecule has 0 unspecified atom stereocenters. The van der Waals surface area contributed by atoms with E-state index in [-0.39, 0.29) is 12.4 Å². The molecular weight excluding hydrogens is 270 g/mol. The van der Waals surface area contributed by atoms with Crippen molar-refractivity contribution >= 4 is 0 Å². The van der Waals surface area contributed by atoms with E-state index in [1.54, 1.807) is 18.2 Å².